The van der Waals surface area contributed by atoms with Crippen LogP contribution in [0.5, 0.6) is 5.75 Å². The van der Waals surface area contributed by atoms with E-state index in [-0.39, 0.29) is 29.5 Å². The zero-order valence-corrected chi connectivity index (χ0v) is 13.5. The second-order valence-corrected chi connectivity index (χ2v) is 5.63. The number of benzene rings is 2. The first kappa shape index (κ1) is 18.1. The summed E-state index contributed by atoms with van der Waals surface area (Å²) in [5.41, 5.74) is 1.08. The molecule has 0 radical (unpaired) electrons. The molecule has 2 atom stereocenters. The van der Waals surface area contributed by atoms with Gasteiger partial charge < -0.3 is 25.4 Å². The molecule has 0 aliphatic carbocycles. The Hall–Kier alpha value is -2.28. The molecule has 7 heteroatoms. The van der Waals surface area contributed by atoms with Crippen molar-refractivity contribution >= 4 is 17.7 Å². The van der Waals surface area contributed by atoms with Crippen molar-refractivity contribution in [3.63, 3.8) is 0 Å². The monoisotopic (exact) mass is 351 g/mol. The molecular weight excluding hydrogens is 334 g/mol. The predicted octanol–water partition coefficient (Wildman–Crippen LogP) is 2.37. The fraction of sp³-hybridized carbons (Fsp3) is 0.235. The molecule has 2 unspecified atom stereocenters. The van der Waals surface area contributed by atoms with Gasteiger partial charge in [0.1, 0.15) is 24.6 Å². The van der Waals surface area contributed by atoms with E-state index < -0.39 is 18.3 Å². The molecule has 0 saturated heterocycles. The molecule has 0 fully saturated rings. The maximum Gasteiger partial charge on any atom is 0.407 e. The van der Waals surface area contributed by atoms with E-state index in [1.54, 1.807) is 0 Å². The summed E-state index contributed by atoms with van der Waals surface area (Å²) in [6.45, 7) is -0.116. The van der Waals surface area contributed by atoms with Gasteiger partial charge in [0, 0.05) is 11.6 Å². The van der Waals surface area contributed by atoms with Crippen LogP contribution in [-0.2, 0) is 11.3 Å². The molecule has 24 heavy (non-hydrogen) atoms. The third-order valence-electron chi connectivity index (χ3n) is 3.28. The van der Waals surface area contributed by atoms with E-state index in [1.165, 1.54) is 18.2 Å². The maximum atomic E-state index is 11.6. The normalized spacial score (nSPS) is 13.1. The summed E-state index contributed by atoms with van der Waals surface area (Å²) in [7, 11) is 0. The molecule has 1 amide bonds. The maximum absolute atomic E-state index is 11.6. The second kappa shape index (κ2) is 8.54. The van der Waals surface area contributed by atoms with Crippen molar-refractivity contribution in [3.8, 4) is 5.75 Å². The van der Waals surface area contributed by atoms with Gasteiger partial charge in [-0.2, -0.15) is 0 Å². The van der Waals surface area contributed by atoms with Gasteiger partial charge in [0.15, 0.2) is 0 Å². The topological polar surface area (TPSA) is 99.0 Å². The van der Waals surface area contributed by atoms with Crippen LogP contribution in [0.2, 0.25) is 5.02 Å². The van der Waals surface area contributed by atoms with Gasteiger partial charge in [0.2, 0.25) is 0 Å². The summed E-state index contributed by atoms with van der Waals surface area (Å²) >= 11 is 5.78. The minimum atomic E-state index is -1.32. The highest BCUT2D eigenvalue weighted by atomic mass is 35.5. The first-order chi connectivity index (χ1) is 11.5. The first-order valence-corrected chi connectivity index (χ1v) is 7.63. The molecule has 0 aromatic heterocycles. The average Bonchev–Trinajstić information content (AvgIpc) is 2.57. The van der Waals surface area contributed by atoms with Crippen LogP contribution in [0.15, 0.2) is 48.5 Å². The standard InChI is InChI=1S/C17H18ClNO5/c18-13-6-12(7-14(20)8-13)16(22)15(21)9-19-17(23)24-10-11-4-2-1-3-5-11/h1-8,15-16,20-22H,9-10H2,(H,19,23). The van der Waals surface area contributed by atoms with Crippen molar-refractivity contribution < 1.29 is 24.9 Å². The summed E-state index contributed by atoms with van der Waals surface area (Å²) in [6.07, 6.45) is -3.31. The number of carbonyl (C=O) groups is 1. The first-order valence-electron chi connectivity index (χ1n) is 7.26. The van der Waals surface area contributed by atoms with Crippen molar-refractivity contribution in [1.29, 1.82) is 0 Å². The molecule has 0 aliphatic rings. The largest absolute Gasteiger partial charge is 0.508 e. The quantitative estimate of drug-likeness (QED) is 0.640. The van der Waals surface area contributed by atoms with E-state index in [2.05, 4.69) is 5.32 Å². The van der Waals surface area contributed by atoms with Crippen LogP contribution in [0.4, 0.5) is 4.79 Å². The van der Waals surface area contributed by atoms with Gasteiger partial charge in [0.05, 0.1) is 0 Å². The van der Waals surface area contributed by atoms with E-state index in [1.807, 2.05) is 30.3 Å². The highest BCUT2D eigenvalue weighted by molar-refractivity contribution is 6.30. The molecule has 0 spiro atoms. The SMILES string of the molecule is O=C(NCC(O)C(O)c1cc(O)cc(Cl)c1)OCc1ccccc1. The molecule has 0 bridgehead atoms. The number of ether oxygens (including phenoxy) is 1. The lowest BCUT2D eigenvalue weighted by Crippen LogP contribution is -2.35. The summed E-state index contributed by atoms with van der Waals surface area (Å²) in [4.78, 5) is 11.6. The van der Waals surface area contributed by atoms with Crippen LogP contribution in [0.25, 0.3) is 0 Å². The Balaban J connectivity index is 1.81. The van der Waals surface area contributed by atoms with Gasteiger partial charge in [-0.25, -0.2) is 4.79 Å². The molecule has 2 rings (SSSR count). The van der Waals surface area contributed by atoms with Gasteiger partial charge in [-0.3, -0.25) is 0 Å². The number of alkyl carbamates (subject to hydrolysis) is 1. The molecule has 0 aliphatic heterocycles. The van der Waals surface area contributed by atoms with Gasteiger partial charge in [0.25, 0.3) is 0 Å². The molecule has 6 nitrogen and oxygen atoms in total. The number of amides is 1. The molecular formula is C17H18ClNO5. The number of halogens is 1. The summed E-state index contributed by atoms with van der Waals surface area (Å²) in [5, 5.41) is 32.0. The van der Waals surface area contributed by atoms with Gasteiger partial charge in [-0.05, 0) is 29.3 Å². The lowest BCUT2D eigenvalue weighted by atomic mass is 10.0. The van der Waals surface area contributed by atoms with E-state index in [9.17, 15) is 20.1 Å². The van der Waals surface area contributed by atoms with Crippen LogP contribution < -0.4 is 5.32 Å². The Labute approximate surface area is 144 Å². The minimum absolute atomic E-state index is 0.105. The Morgan fingerprint density at radius 2 is 1.88 bits per heavy atom. The highest BCUT2D eigenvalue weighted by Gasteiger charge is 2.20. The van der Waals surface area contributed by atoms with Crippen molar-refractivity contribution in [2.45, 2.75) is 18.8 Å². The van der Waals surface area contributed by atoms with E-state index in [0.717, 1.165) is 5.56 Å². The lowest BCUT2D eigenvalue weighted by molar-refractivity contribution is 0.0183. The van der Waals surface area contributed by atoms with Gasteiger partial charge in [-0.1, -0.05) is 41.9 Å². The van der Waals surface area contributed by atoms with Crippen LogP contribution >= 0.6 is 11.6 Å². The number of nitrogens with one attached hydrogen (secondary N) is 1. The number of hydrogen-bond donors (Lipinski definition) is 4. The van der Waals surface area contributed by atoms with E-state index in [4.69, 9.17) is 16.3 Å². The number of phenolic OH excluding ortho intramolecular Hbond substituents is 1. The average molecular weight is 352 g/mol. The van der Waals surface area contributed by atoms with Crippen molar-refractivity contribution in [2.75, 3.05) is 6.54 Å². The Morgan fingerprint density at radius 3 is 2.54 bits per heavy atom. The molecule has 0 heterocycles. The third-order valence-corrected chi connectivity index (χ3v) is 3.50. The Bertz CT molecular complexity index is 660. The minimum Gasteiger partial charge on any atom is -0.508 e. The smallest absolute Gasteiger partial charge is 0.407 e. The van der Waals surface area contributed by atoms with E-state index in [0.29, 0.717) is 0 Å². The van der Waals surface area contributed by atoms with Crippen LogP contribution in [0.3, 0.4) is 0 Å². The fourth-order valence-corrected chi connectivity index (χ4v) is 2.30. The van der Waals surface area contributed by atoms with Crippen LogP contribution in [0, 0.1) is 0 Å². The fourth-order valence-electron chi connectivity index (χ4n) is 2.06. The number of rotatable bonds is 6. The van der Waals surface area contributed by atoms with Crippen LogP contribution in [-0.4, -0.2) is 34.1 Å². The lowest BCUT2D eigenvalue weighted by Gasteiger charge is -2.19. The summed E-state index contributed by atoms with van der Waals surface area (Å²) in [5.74, 6) is -0.126. The number of aliphatic hydroxyl groups excluding tert-OH is 2. The number of aromatic hydroxyl groups is 1. The summed E-state index contributed by atoms with van der Waals surface area (Å²) in [6, 6.07) is 13.2. The Morgan fingerprint density at radius 1 is 1.17 bits per heavy atom. The highest BCUT2D eigenvalue weighted by Crippen LogP contribution is 2.25. The number of aliphatic hydroxyl groups is 2. The van der Waals surface area contributed by atoms with Crippen LogP contribution in [0.1, 0.15) is 17.2 Å². The predicted molar refractivity (Wildman–Crippen MR) is 88.7 cm³/mol. The molecule has 128 valence electrons. The number of carbonyl (C=O) groups excluding carboxylic acids is 1. The summed E-state index contributed by atoms with van der Waals surface area (Å²) < 4.78 is 5.00. The van der Waals surface area contributed by atoms with Crippen molar-refractivity contribution in [1.82, 2.24) is 5.32 Å². The second-order valence-electron chi connectivity index (χ2n) is 5.20. The number of hydrogen-bond acceptors (Lipinski definition) is 5. The molecule has 0 saturated carbocycles. The molecule has 2 aromatic rings. The molecule has 4 N–H and O–H groups in total. The zero-order chi connectivity index (χ0) is 17.5. The van der Waals surface area contributed by atoms with E-state index >= 15 is 0 Å². The third kappa shape index (κ3) is 5.42. The number of phenols is 1. The van der Waals surface area contributed by atoms with Gasteiger partial charge >= 0.3 is 6.09 Å². The zero-order valence-electron chi connectivity index (χ0n) is 12.7. The Kier molecular flexibility index (Phi) is 6.43. The van der Waals surface area contributed by atoms with Crippen molar-refractivity contribution in [2.24, 2.45) is 0 Å². The van der Waals surface area contributed by atoms with Crippen molar-refractivity contribution in [3.05, 3.63) is 64.7 Å². The van der Waals surface area contributed by atoms with Gasteiger partial charge in [-0.15, -0.1) is 0 Å². The molecule has 2 aromatic carbocycles.